The van der Waals surface area contributed by atoms with Crippen LogP contribution in [-0.2, 0) is 22.5 Å². The third-order valence-electron chi connectivity index (χ3n) is 5.05. The number of aryl methyl sites for hydroxylation is 1. The van der Waals surface area contributed by atoms with Crippen LogP contribution in [0.15, 0.2) is 71.5 Å². The van der Waals surface area contributed by atoms with Gasteiger partial charge in [0.25, 0.3) is 5.91 Å². The first-order valence-corrected chi connectivity index (χ1v) is 10.6. The zero-order valence-corrected chi connectivity index (χ0v) is 17.7. The van der Waals surface area contributed by atoms with Crippen molar-refractivity contribution in [3.63, 3.8) is 0 Å². The van der Waals surface area contributed by atoms with E-state index in [0.717, 1.165) is 18.4 Å². The lowest BCUT2D eigenvalue weighted by atomic mass is 10.1. The Hall–Kier alpha value is -3.32. The molecule has 8 heteroatoms. The molecule has 31 heavy (non-hydrogen) atoms. The monoisotopic (exact) mass is 438 g/mol. The second-order valence-corrected chi connectivity index (χ2v) is 7.80. The molecule has 160 valence electrons. The number of aliphatic imine (C=N–C) groups is 1. The highest BCUT2D eigenvalue weighted by Gasteiger charge is 2.31. The zero-order valence-electron chi connectivity index (χ0n) is 17.0. The van der Waals surface area contributed by atoms with Gasteiger partial charge in [0.15, 0.2) is 0 Å². The van der Waals surface area contributed by atoms with E-state index in [-0.39, 0.29) is 17.7 Å². The largest absolute Gasteiger partial charge is 0.418 e. The first-order valence-electron chi connectivity index (χ1n) is 10.2. The number of hydrogen-bond donors (Lipinski definition) is 1. The predicted octanol–water partition coefficient (Wildman–Crippen LogP) is 3.55. The molecule has 2 heterocycles. The molecule has 2 aromatic carbocycles. The highest BCUT2D eigenvalue weighted by molar-refractivity contribution is 6.30. The van der Waals surface area contributed by atoms with Crippen LogP contribution in [-0.4, -0.2) is 47.4 Å². The van der Waals surface area contributed by atoms with E-state index in [0.29, 0.717) is 31.2 Å². The molecule has 2 aliphatic rings. The fourth-order valence-electron chi connectivity index (χ4n) is 3.44. The number of hydrogen-bond acceptors (Lipinski definition) is 4. The van der Waals surface area contributed by atoms with Crippen LogP contribution in [0, 0.1) is 0 Å². The number of urea groups is 1. The third-order valence-corrected chi connectivity index (χ3v) is 5.28. The molecule has 0 saturated heterocycles. The minimum atomic E-state index is -0.407. The summed E-state index contributed by atoms with van der Waals surface area (Å²) in [6.45, 7) is 1.87. The number of benzene rings is 2. The number of ether oxygens (including phenoxy) is 1. The van der Waals surface area contributed by atoms with Crippen molar-refractivity contribution in [2.75, 3.05) is 19.6 Å². The number of amidine groups is 1. The van der Waals surface area contributed by atoms with Crippen molar-refractivity contribution in [2.24, 2.45) is 4.99 Å². The average Bonchev–Trinajstić information content (AvgIpc) is 3.11. The van der Waals surface area contributed by atoms with E-state index in [1.807, 2.05) is 36.4 Å². The van der Waals surface area contributed by atoms with E-state index in [9.17, 15) is 9.59 Å². The number of carbonyl (C=O) groups excluding carboxylic acids is 2. The molecule has 0 fully saturated rings. The van der Waals surface area contributed by atoms with Crippen LogP contribution in [0.25, 0.3) is 0 Å². The lowest BCUT2D eigenvalue weighted by Gasteiger charge is -2.19. The normalized spacial score (nSPS) is 15.6. The maximum Gasteiger partial charge on any atom is 0.348 e. The number of fused-ring (bicyclic) bond motifs is 1. The second-order valence-electron chi connectivity index (χ2n) is 7.36. The van der Waals surface area contributed by atoms with Gasteiger partial charge in [-0.2, -0.15) is 0 Å². The molecular formula is C23H23ClN4O3. The Balaban J connectivity index is 1.28. The SMILES string of the molecule is O=C(NCCCc1ccccc1)C1=CN2CCN(Cc3cccc(Cl)c3)C(=O)N=C2O1. The Kier molecular flexibility index (Phi) is 6.52. The minimum Gasteiger partial charge on any atom is -0.418 e. The first-order chi connectivity index (χ1) is 15.1. The molecule has 0 aromatic heterocycles. The predicted molar refractivity (Wildman–Crippen MR) is 118 cm³/mol. The van der Waals surface area contributed by atoms with E-state index in [4.69, 9.17) is 16.3 Å². The Morgan fingerprint density at radius 2 is 1.90 bits per heavy atom. The molecule has 0 atom stereocenters. The van der Waals surface area contributed by atoms with Gasteiger partial charge in [0.1, 0.15) is 0 Å². The number of amides is 3. The topological polar surface area (TPSA) is 74.2 Å². The number of carbonyl (C=O) groups is 2. The minimum absolute atomic E-state index is 0.132. The molecule has 0 spiro atoms. The highest BCUT2D eigenvalue weighted by atomic mass is 35.5. The molecule has 3 amide bonds. The van der Waals surface area contributed by atoms with Crippen molar-refractivity contribution in [3.8, 4) is 0 Å². The number of nitrogens with zero attached hydrogens (tertiary/aromatic N) is 3. The number of rotatable bonds is 7. The lowest BCUT2D eigenvalue weighted by molar-refractivity contribution is -0.119. The van der Waals surface area contributed by atoms with Crippen LogP contribution in [0.3, 0.4) is 0 Å². The maximum atomic E-state index is 12.5. The Morgan fingerprint density at radius 3 is 2.71 bits per heavy atom. The fraction of sp³-hybridized carbons (Fsp3) is 0.261. The first kappa shape index (κ1) is 20.9. The molecule has 0 saturated carbocycles. The second kappa shape index (κ2) is 9.66. The molecule has 2 aliphatic heterocycles. The van der Waals surface area contributed by atoms with Gasteiger partial charge in [-0.1, -0.05) is 54.1 Å². The summed E-state index contributed by atoms with van der Waals surface area (Å²) in [6.07, 6.45) is 3.31. The van der Waals surface area contributed by atoms with Crippen molar-refractivity contribution < 1.29 is 14.3 Å². The molecule has 0 radical (unpaired) electrons. The molecule has 2 aromatic rings. The number of halogens is 1. The number of nitrogens with one attached hydrogen (secondary N) is 1. The molecule has 0 bridgehead atoms. The van der Waals surface area contributed by atoms with Crippen molar-refractivity contribution in [3.05, 3.63) is 82.7 Å². The van der Waals surface area contributed by atoms with Crippen molar-refractivity contribution in [1.82, 2.24) is 15.1 Å². The Bertz CT molecular complexity index is 1020. The van der Waals surface area contributed by atoms with Crippen LogP contribution in [0.2, 0.25) is 5.02 Å². The van der Waals surface area contributed by atoms with E-state index >= 15 is 0 Å². The van der Waals surface area contributed by atoms with Crippen LogP contribution < -0.4 is 5.32 Å². The molecule has 7 nitrogen and oxygen atoms in total. The Morgan fingerprint density at radius 1 is 1.10 bits per heavy atom. The van der Waals surface area contributed by atoms with Gasteiger partial charge in [0.05, 0.1) is 6.20 Å². The summed E-state index contributed by atoms with van der Waals surface area (Å²) in [5.74, 6) is -0.165. The van der Waals surface area contributed by atoms with Crippen molar-refractivity contribution >= 4 is 29.6 Å². The van der Waals surface area contributed by atoms with Crippen molar-refractivity contribution in [1.29, 1.82) is 0 Å². The summed E-state index contributed by atoms with van der Waals surface area (Å²) in [4.78, 5) is 32.3. The quantitative estimate of drug-likeness (QED) is 0.671. The summed E-state index contributed by atoms with van der Waals surface area (Å²) in [5.41, 5.74) is 2.16. The van der Waals surface area contributed by atoms with Crippen LogP contribution in [0.5, 0.6) is 0 Å². The molecule has 4 rings (SSSR count). The van der Waals surface area contributed by atoms with Gasteiger partial charge in [0, 0.05) is 31.2 Å². The zero-order chi connectivity index (χ0) is 21.6. The molecular weight excluding hydrogens is 416 g/mol. The van der Waals surface area contributed by atoms with Gasteiger partial charge in [-0.05, 0) is 36.1 Å². The molecule has 1 N–H and O–H groups in total. The van der Waals surface area contributed by atoms with Gasteiger partial charge in [0.2, 0.25) is 5.76 Å². The highest BCUT2D eigenvalue weighted by Crippen LogP contribution is 2.19. The van der Waals surface area contributed by atoms with E-state index in [1.54, 1.807) is 22.1 Å². The van der Waals surface area contributed by atoms with Crippen LogP contribution in [0.1, 0.15) is 17.5 Å². The fourth-order valence-corrected chi connectivity index (χ4v) is 3.65. The van der Waals surface area contributed by atoms with Gasteiger partial charge in [-0.15, -0.1) is 4.99 Å². The summed E-state index contributed by atoms with van der Waals surface area (Å²) >= 11 is 6.03. The third kappa shape index (κ3) is 5.44. The van der Waals surface area contributed by atoms with Gasteiger partial charge >= 0.3 is 12.1 Å². The Labute approximate surface area is 186 Å². The van der Waals surface area contributed by atoms with Gasteiger partial charge in [-0.25, -0.2) is 4.79 Å². The average molecular weight is 439 g/mol. The lowest BCUT2D eigenvalue weighted by Crippen LogP contribution is -2.32. The van der Waals surface area contributed by atoms with E-state index in [2.05, 4.69) is 22.4 Å². The van der Waals surface area contributed by atoms with E-state index < -0.39 is 6.03 Å². The molecule has 0 unspecified atom stereocenters. The van der Waals surface area contributed by atoms with Gasteiger partial charge < -0.3 is 15.0 Å². The smallest absolute Gasteiger partial charge is 0.348 e. The van der Waals surface area contributed by atoms with Crippen molar-refractivity contribution in [2.45, 2.75) is 19.4 Å². The summed E-state index contributed by atoms with van der Waals surface area (Å²) in [6, 6.07) is 17.2. The summed E-state index contributed by atoms with van der Waals surface area (Å²) in [5, 5.41) is 3.48. The standard InChI is InChI=1S/C23H23ClN4O3/c24-19-10-4-8-18(14-19)15-27-12-13-28-16-20(31-23(28)26-22(27)30)21(29)25-11-5-9-17-6-2-1-3-7-17/h1-4,6-8,10,14,16H,5,9,11-13,15H2,(H,25,29). The van der Waals surface area contributed by atoms with Gasteiger partial charge in [-0.3, -0.25) is 9.69 Å². The maximum absolute atomic E-state index is 12.5. The summed E-state index contributed by atoms with van der Waals surface area (Å²) < 4.78 is 5.57. The van der Waals surface area contributed by atoms with E-state index in [1.165, 1.54) is 5.56 Å². The molecule has 0 aliphatic carbocycles. The summed E-state index contributed by atoms with van der Waals surface area (Å²) in [7, 11) is 0. The van der Waals surface area contributed by atoms with Crippen LogP contribution >= 0.6 is 11.6 Å². The van der Waals surface area contributed by atoms with Crippen LogP contribution in [0.4, 0.5) is 4.79 Å².